The topological polar surface area (TPSA) is 75.3 Å². The van der Waals surface area contributed by atoms with Gasteiger partial charge in [0.2, 0.25) is 15.9 Å². The van der Waals surface area contributed by atoms with Gasteiger partial charge in [-0.05, 0) is 24.6 Å². The van der Waals surface area contributed by atoms with Gasteiger partial charge in [0.15, 0.2) is 0 Å². The molecule has 0 aliphatic rings. The Hall–Kier alpha value is -1.11. The van der Waals surface area contributed by atoms with Crippen LogP contribution in [0.2, 0.25) is 5.02 Å². The number of sulfonamides is 1. The van der Waals surface area contributed by atoms with E-state index in [0.29, 0.717) is 11.6 Å². The van der Waals surface area contributed by atoms with Crippen LogP contribution in [0.1, 0.15) is 26.2 Å². The zero-order chi connectivity index (χ0) is 15.0. The summed E-state index contributed by atoms with van der Waals surface area (Å²) in [6, 6.07) is 5.98. The third kappa shape index (κ3) is 5.90. The molecule has 0 heterocycles. The summed E-state index contributed by atoms with van der Waals surface area (Å²) < 4.78 is 26.2. The van der Waals surface area contributed by atoms with Crippen LogP contribution in [0, 0.1) is 0 Å². The van der Waals surface area contributed by atoms with E-state index in [1.807, 2.05) is 6.92 Å². The molecule has 0 fully saturated rings. The van der Waals surface area contributed by atoms with Crippen LogP contribution in [0.25, 0.3) is 0 Å². The molecular weight excluding hydrogens is 300 g/mol. The lowest BCUT2D eigenvalue weighted by Gasteiger charge is -2.07. The molecule has 0 radical (unpaired) electrons. The quantitative estimate of drug-likeness (QED) is 0.719. The maximum absolute atomic E-state index is 11.9. The predicted molar refractivity (Wildman–Crippen MR) is 79.2 cm³/mol. The number of halogens is 1. The van der Waals surface area contributed by atoms with Gasteiger partial charge in [-0.15, -0.1) is 0 Å². The molecule has 1 rings (SSSR count). The van der Waals surface area contributed by atoms with Gasteiger partial charge in [0, 0.05) is 24.5 Å². The number of nitrogens with one attached hydrogen (secondary N) is 2. The van der Waals surface area contributed by atoms with Gasteiger partial charge >= 0.3 is 0 Å². The largest absolute Gasteiger partial charge is 0.356 e. The van der Waals surface area contributed by atoms with Crippen LogP contribution in [0.3, 0.4) is 0 Å². The molecule has 7 heteroatoms. The van der Waals surface area contributed by atoms with Gasteiger partial charge in [-0.3, -0.25) is 4.79 Å². The van der Waals surface area contributed by atoms with Crippen molar-refractivity contribution in [2.24, 2.45) is 0 Å². The van der Waals surface area contributed by atoms with Gasteiger partial charge in [-0.1, -0.05) is 31.0 Å². The molecule has 0 aliphatic heterocycles. The fourth-order valence-electron chi connectivity index (χ4n) is 1.51. The Morgan fingerprint density at radius 1 is 1.30 bits per heavy atom. The van der Waals surface area contributed by atoms with E-state index in [9.17, 15) is 13.2 Å². The first-order valence-electron chi connectivity index (χ1n) is 6.47. The molecule has 0 unspecified atom stereocenters. The number of amides is 1. The van der Waals surface area contributed by atoms with Crippen molar-refractivity contribution in [1.29, 1.82) is 0 Å². The molecular formula is C13H19ClN2O3S. The Bertz CT molecular complexity index is 546. The average Bonchev–Trinajstić information content (AvgIpc) is 2.39. The summed E-state index contributed by atoms with van der Waals surface area (Å²) in [5.41, 5.74) is 0. The minimum atomic E-state index is -3.62. The summed E-state index contributed by atoms with van der Waals surface area (Å²) in [4.78, 5) is 11.5. The van der Waals surface area contributed by atoms with Crippen molar-refractivity contribution < 1.29 is 13.2 Å². The average molecular weight is 319 g/mol. The first kappa shape index (κ1) is 16.9. The smallest absolute Gasteiger partial charge is 0.240 e. The molecule has 0 atom stereocenters. The number of unbranched alkanes of at least 4 members (excludes halogenated alkanes) is 1. The highest BCUT2D eigenvalue weighted by atomic mass is 35.5. The van der Waals surface area contributed by atoms with Crippen molar-refractivity contribution in [3.05, 3.63) is 29.3 Å². The van der Waals surface area contributed by atoms with E-state index >= 15 is 0 Å². The van der Waals surface area contributed by atoms with Crippen LogP contribution >= 0.6 is 11.6 Å². The molecule has 0 bridgehead atoms. The summed E-state index contributed by atoms with van der Waals surface area (Å²) >= 11 is 5.75. The van der Waals surface area contributed by atoms with Crippen LogP contribution < -0.4 is 10.0 Å². The van der Waals surface area contributed by atoms with E-state index in [1.54, 1.807) is 12.1 Å². The Morgan fingerprint density at radius 2 is 2.05 bits per heavy atom. The maximum atomic E-state index is 11.9. The first-order chi connectivity index (χ1) is 9.45. The van der Waals surface area contributed by atoms with Gasteiger partial charge < -0.3 is 5.32 Å². The van der Waals surface area contributed by atoms with Gasteiger partial charge in [0.1, 0.15) is 0 Å². The zero-order valence-electron chi connectivity index (χ0n) is 11.4. The second-order valence-corrected chi connectivity index (χ2v) is 6.51. The number of hydrogen-bond donors (Lipinski definition) is 2. The number of hydrogen-bond acceptors (Lipinski definition) is 3. The Balaban J connectivity index is 2.43. The van der Waals surface area contributed by atoms with E-state index in [-0.39, 0.29) is 23.8 Å². The highest BCUT2D eigenvalue weighted by Crippen LogP contribution is 2.14. The van der Waals surface area contributed by atoms with Gasteiger partial charge in [0.05, 0.1) is 4.90 Å². The van der Waals surface area contributed by atoms with Crippen molar-refractivity contribution in [3.8, 4) is 0 Å². The van der Waals surface area contributed by atoms with Crippen molar-refractivity contribution in [3.63, 3.8) is 0 Å². The van der Waals surface area contributed by atoms with E-state index in [0.717, 1.165) is 12.8 Å². The molecule has 5 nitrogen and oxygen atoms in total. The lowest BCUT2D eigenvalue weighted by Crippen LogP contribution is -2.31. The van der Waals surface area contributed by atoms with E-state index in [4.69, 9.17) is 11.6 Å². The fourth-order valence-corrected chi connectivity index (χ4v) is 2.84. The minimum absolute atomic E-state index is 0.0623. The predicted octanol–water partition coefficient (Wildman–Crippen LogP) is 1.92. The molecule has 1 aromatic rings. The minimum Gasteiger partial charge on any atom is -0.356 e. The molecule has 112 valence electrons. The molecule has 1 aromatic carbocycles. The van der Waals surface area contributed by atoms with Gasteiger partial charge in [-0.25, -0.2) is 13.1 Å². The Morgan fingerprint density at radius 3 is 2.70 bits per heavy atom. The summed E-state index contributed by atoms with van der Waals surface area (Å²) in [5, 5.41) is 3.08. The Labute approximate surface area is 124 Å². The standard InChI is InChI=1S/C13H19ClN2O3S/c1-2-3-8-15-13(17)7-9-16-20(18,19)12-6-4-5-11(14)10-12/h4-6,10,16H,2-3,7-9H2,1H3,(H,15,17). The lowest BCUT2D eigenvalue weighted by molar-refractivity contribution is -0.120. The van der Waals surface area contributed by atoms with Crippen LogP contribution in [-0.4, -0.2) is 27.4 Å². The summed E-state index contributed by atoms with van der Waals surface area (Å²) in [6.45, 7) is 2.72. The molecule has 0 aromatic heterocycles. The van der Waals surface area contributed by atoms with Crippen LogP contribution in [0.15, 0.2) is 29.2 Å². The number of carbonyl (C=O) groups excluding carboxylic acids is 1. The highest BCUT2D eigenvalue weighted by molar-refractivity contribution is 7.89. The summed E-state index contributed by atoms with van der Waals surface area (Å²) in [5.74, 6) is -0.160. The zero-order valence-corrected chi connectivity index (χ0v) is 12.9. The molecule has 20 heavy (non-hydrogen) atoms. The van der Waals surface area contributed by atoms with Gasteiger partial charge in [-0.2, -0.15) is 0 Å². The normalized spacial score (nSPS) is 11.3. The molecule has 2 N–H and O–H groups in total. The molecule has 0 spiro atoms. The Kier molecular flexibility index (Phi) is 6.98. The second kappa shape index (κ2) is 8.24. The van der Waals surface area contributed by atoms with Crippen molar-refractivity contribution in [2.75, 3.05) is 13.1 Å². The highest BCUT2D eigenvalue weighted by Gasteiger charge is 2.14. The first-order valence-corrected chi connectivity index (χ1v) is 8.33. The van der Waals surface area contributed by atoms with Gasteiger partial charge in [0.25, 0.3) is 0 Å². The van der Waals surface area contributed by atoms with E-state index < -0.39 is 10.0 Å². The number of benzene rings is 1. The third-order valence-electron chi connectivity index (χ3n) is 2.60. The monoisotopic (exact) mass is 318 g/mol. The fraction of sp³-hybridized carbons (Fsp3) is 0.462. The third-order valence-corrected chi connectivity index (χ3v) is 4.30. The van der Waals surface area contributed by atoms with Crippen molar-refractivity contribution >= 4 is 27.5 Å². The van der Waals surface area contributed by atoms with Crippen LogP contribution in [-0.2, 0) is 14.8 Å². The molecule has 0 saturated carbocycles. The van der Waals surface area contributed by atoms with Crippen molar-refractivity contribution in [1.82, 2.24) is 10.0 Å². The van der Waals surface area contributed by atoms with E-state index in [2.05, 4.69) is 10.0 Å². The second-order valence-electron chi connectivity index (χ2n) is 4.31. The molecule has 0 saturated heterocycles. The van der Waals surface area contributed by atoms with E-state index in [1.165, 1.54) is 12.1 Å². The SMILES string of the molecule is CCCCNC(=O)CCNS(=O)(=O)c1cccc(Cl)c1. The number of rotatable bonds is 8. The van der Waals surface area contributed by atoms with Crippen LogP contribution in [0.4, 0.5) is 0 Å². The summed E-state index contributed by atoms with van der Waals surface area (Å²) in [7, 11) is -3.62. The molecule has 1 amide bonds. The van der Waals surface area contributed by atoms with Crippen LogP contribution in [0.5, 0.6) is 0 Å². The molecule has 0 aliphatic carbocycles. The maximum Gasteiger partial charge on any atom is 0.240 e. The number of carbonyl (C=O) groups is 1. The summed E-state index contributed by atoms with van der Waals surface area (Å²) in [6.07, 6.45) is 2.03. The van der Waals surface area contributed by atoms with Crippen molar-refractivity contribution in [2.45, 2.75) is 31.1 Å². The lowest BCUT2D eigenvalue weighted by atomic mass is 10.3.